The van der Waals surface area contributed by atoms with Crippen molar-refractivity contribution in [1.29, 1.82) is 0 Å². The Balaban J connectivity index is -0.000000274. The largest absolute Gasteiger partial charge is 2.00 e. The molecule has 11 heteroatoms. The maximum Gasteiger partial charge on any atom is 2.00 e. The first-order valence-electron chi connectivity index (χ1n) is 7.25. The quantitative estimate of drug-likeness (QED) is 0.209. The van der Waals surface area contributed by atoms with Crippen LogP contribution in [0, 0.1) is 0 Å². The fraction of sp³-hybridized carbons (Fsp3) is 0.250. The Hall–Kier alpha value is -1.71. The zero-order valence-corrected chi connectivity index (χ0v) is 19.7. The Bertz CT molecular complexity index is 582. The van der Waals surface area contributed by atoms with E-state index in [4.69, 9.17) is 0 Å². The summed E-state index contributed by atoms with van der Waals surface area (Å²) in [7, 11) is 7.75. The van der Waals surface area contributed by atoms with Gasteiger partial charge < -0.3 is 52.2 Å². The predicted octanol–water partition coefficient (Wildman–Crippen LogP) is -4.31. The summed E-state index contributed by atoms with van der Waals surface area (Å²) in [4.78, 5) is 15.1. The van der Waals surface area contributed by atoms with Crippen LogP contribution in [0.15, 0.2) is 74.9 Å². The summed E-state index contributed by atoms with van der Waals surface area (Å²) in [6, 6.07) is 0. The van der Waals surface area contributed by atoms with Gasteiger partial charge in [0.05, 0.1) is 25.3 Å². The van der Waals surface area contributed by atoms with Gasteiger partial charge in [-0.05, 0) is 0 Å². The third-order valence-corrected chi connectivity index (χ3v) is 2.55. The Labute approximate surface area is 191 Å². The minimum absolute atomic E-state index is 0. The number of nitrogens with zero attached hydrogens (tertiary/aromatic N) is 8. The van der Waals surface area contributed by atoms with E-state index < -0.39 is 0 Å². The summed E-state index contributed by atoms with van der Waals surface area (Å²) in [6.45, 7) is 0. The SMILES string of the molecule is Cn1ccnc1.Cn1ccnc1.Cn1ccnc1.Cn1ccnc1.[Br-].[Br-].[Ni+2]. The molecular weight excluding hydrogens is 523 g/mol. The number of halogens is 2. The van der Waals surface area contributed by atoms with Crippen LogP contribution < -0.4 is 34.0 Å². The normalized spacial score (nSPS) is 7.85. The first kappa shape index (κ1) is 30.0. The van der Waals surface area contributed by atoms with Crippen LogP contribution in [0.3, 0.4) is 0 Å². The number of hydrogen-bond acceptors (Lipinski definition) is 4. The van der Waals surface area contributed by atoms with Crippen molar-refractivity contribution in [3.63, 3.8) is 0 Å². The molecule has 0 aliphatic heterocycles. The van der Waals surface area contributed by atoms with Crippen LogP contribution in [0.25, 0.3) is 0 Å². The van der Waals surface area contributed by atoms with E-state index in [1.54, 1.807) is 50.1 Å². The average Bonchev–Trinajstić information content (AvgIpc) is 3.31. The van der Waals surface area contributed by atoms with E-state index in [0.717, 1.165) is 0 Å². The summed E-state index contributed by atoms with van der Waals surface area (Å²) >= 11 is 0. The second-order valence-electron chi connectivity index (χ2n) is 4.91. The molecule has 0 unspecified atom stereocenters. The van der Waals surface area contributed by atoms with Crippen LogP contribution in [-0.4, -0.2) is 38.2 Å². The van der Waals surface area contributed by atoms with Crippen molar-refractivity contribution in [2.24, 2.45) is 28.2 Å². The minimum atomic E-state index is 0. The number of rotatable bonds is 0. The zero-order chi connectivity index (χ0) is 17.6. The Morgan fingerprint density at radius 3 is 0.667 bits per heavy atom. The predicted molar refractivity (Wildman–Crippen MR) is 92.8 cm³/mol. The van der Waals surface area contributed by atoms with Crippen molar-refractivity contribution in [2.45, 2.75) is 0 Å². The second-order valence-corrected chi connectivity index (χ2v) is 4.91. The van der Waals surface area contributed by atoms with E-state index in [-0.39, 0.29) is 50.5 Å². The van der Waals surface area contributed by atoms with E-state index in [1.807, 2.05) is 71.2 Å². The fourth-order valence-electron chi connectivity index (χ4n) is 1.30. The molecule has 4 aromatic heterocycles. The van der Waals surface area contributed by atoms with Gasteiger partial charge in [0, 0.05) is 77.8 Å². The summed E-state index contributed by atoms with van der Waals surface area (Å²) < 4.78 is 7.56. The van der Waals surface area contributed by atoms with Crippen LogP contribution in [-0.2, 0) is 44.7 Å². The molecule has 4 rings (SSSR count). The standard InChI is InChI=1S/4C4H6N2.2BrH.Ni/c4*1-6-3-2-5-4-6;;;/h4*2-4H,1H3;2*1H;/q;;;;;;+2/p-2. The Kier molecular flexibility index (Phi) is 21.2. The third-order valence-electron chi connectivity index (χ3n) is 2.55. The Morgan fingerprint density at radius 2 is 0.630 bits per heavy atom. The first-order valence-corrected chi connectivity index (χ1v) is 7.25. The molecule has 0 N–H and O–H groups in total. The topological polar surface area (TPSA) is 71.3 Å². The van der Waals surface area contributed by atoms with E-state index in [9.17, 15) is 0 Å². The molecule has 0 atom stereocenters. The minimum Gasteiger partial charge on any atom is -1.00 e. The molecule has 0 fully saturated rings. The van der Waals surface area contributed by atoms with Gasteiger partial charge in [-0.15, -0.1) is 0 Å². The fourth-order valence-corrected chi connectivity index (χ4v) is 1.30. The van der Waals surface area contributed by atoms with Gasteiger partial charge in [0.25, 0.3) is 0 Å². The van der Waals surface area contributed by atoms with E-state index >= 15 is 0 Å². The summed E-state index contributed by atoms with van der Waals surface area (Å²) in [5.74, 6) is 0. The number of hydrogen-bond donors (Lipinski definition) is 0. The first-order chi connectivity index (χ1) is 11.6. The van der Waals surface area contributed by atoms with Gasteiger partial charge in [-0.3, -0.25) is 0 Å². The van der Waals surface area contributed by atoms with Gasteiger partial charge in [-0.2, -0.15) is 0 Å². The number of aryl methyl sites for hydroxylation is 4. The molecular formula is C16H24Br2N8Ni. The summed E-state index contributed by atoms with van der Waals surface area (Å²) in [5, 5.41) is 0. The number of imidazole rings is 4. The third kappa shape index (κ3) is 17.5. The van der Waals surface area contributed by atoms with Crippen molar-refractivity contribution in [2.75, 3.05) is 0 Å². The van der Waals surface area contributed by atoms with Crippen molar-refractivity contribution in [1.82, 2.24) is 38.2 Å². The van der Waals surface area contributed by atoms with E-state index in [1.165, 1.54) is 0 Å². The molecule has 0 saturated carbocycles. The molecule has 0 aromatic carbocycles. The summed E-state index contributed by atoms with van der Waals surface area (Å²) in [5.41, 5.74) is 0. The van der Waals surface area contributed by atoms with Crippen LogP contribution in [0.4, 0.5) is 0 Å². The number of aromatic nitrogens is 8. The molecule has 0 bridgehead atoms. The van der Waals surface area contributed by atoms with Crippen LogP contribution in [0.1, 0.15) is 0 Å². The smallest absolute Gasteiger partial charge is 1.00 e. The van der Waals surface area contributed by atoms with Gasteiger partial charge in [0.2, 0.25) is 0 Å². The van der Waals surface area contributed by atoms with Crippen molar-refractivity contribution in [3.05, 3.63) is 74.9 Å². The molecule has 0 aliphatic rings. The van der Waals surface area contributed by atoms with Gasteiger partial charge in [0.15, 0.2) is 0 Å². The van der Waals surface area contributed by atoms with Crippen LogP contribution in [0.2, 0.25) is 0 Å². The van der Waals surface area contributed by atoms with Crippen LogP contribution >= 0.6 is 0 Å². The van der Waals surface area contributed by atoms with Crippen molar-refractivity contribution >= 4 is 0 Å². The molecule has 152 valence electrons. The molecule has 8 nitrogen and oxygen atoms in total. The average molecular weight is 547 g/mol. The maximum absolute atomic E-state index is 3.78. The molecule has 27 heavy (non-hydrogen) atoms. The molecule has 0 saturated heterocycles. The molecule has 0 spiro atoms. The molecule has 0 aliphatic carbocycles. The van der Waals surface area contributed by atoms with Gasteiger partial charge in [0.1, 0.15) is 0 Å². The summed E-state index contributed by atoms with van der Waals surface area (Å²) in [6.07, 6.45) is 21.6. The maximum atomic E-state index is 3.78. The second kappa shape index (κ2) is 19.1. The Morgan fingerprint density at radius 1 is 0.444 bits per heavy atom. The molecule has 0 amide bonds. The van der Waals surface area contributed by atoms with Crippen LogP contribution in [0.5, 0.6) is 0 Å². The molecule has 4 aromatic rings. The van der Waals surface area contributed by atoms with Crippen molar-refractivity contribution in [3.8, 4) is 0 Å². The van der Waals surface area contributed by atoms with Gasteiger partial charge in [-0.1, -0.05) is 0 Å². The molecule has 4 heterocycles. The van der Waals surface area contributed by atoms with Gasteiger partial charge in [-0.25, -0.2) is 19.9 Å². The van der Waals surface area contributed by atoms with Crippen molar-refractivity contribution < 1.29 is 50.5 Å². The van der Waals surface area contributed by atoms with E-state index in [0.29, 0.717) is 0 Å². The van der Waals surface area contributed by atoms with Gasteiger partial charge >= 0.3 is 16.5 Å². The zero-order valence-electron chi connectivity index (χ0n) is 15.6. The van der Waals surface area contributed by atoms with E-state index in [2.05, 4.69) is 19.9 Å². The monoisotopic (exact) mass is 544 g/mol. The molecule has 0 radical (unpaired) electrons.